The molecule has 1 unspecified atom stereocenters. The molecule has 1 aromatic rings. The molecule has 0 spiro atoms. The van der Waals surface area contributed by atoms with Crippen molar-refractivity contribution < 1.29 is 24.4 Å². The highest BCUT2D eigenvalue weighted by atomic mass is 16.6. The van der Waals surface area contributed by atoms with E-state index in [0.29, 0.717) is 13.0 Å². The maximum atomic E-state index is 12.1. The van der Waals surface area contributed by atoms with Gasteiger partial charge in [-0.2, -0.15) is 0 Å². The fourth-order valence-corrected chi connectivity index (χ4v) is 2.45. The summed E-state index contributed by atoms with van der Waals surface area (Å²) in [5.41, 5.74) is -0.758. The molecule has 2 rings (SSSR count). The number of carbonyl (C=O) groups excluding carboxylic acids is 1. The largest absolute Gasteiger partial charge is 0.478 e. The molecule has 8 nitrogen and oxygen atoms in total. The predicted molar refractivity (Wildman–Crippen MR) is 80.6 cm³/mol. The van der Waals surface area contributed by atoms with E-state index in [1.54, 1.807) is 0 Å². The Hall–Kier alpha value is -2.48. The van der Waals surface area contributed by atoms with Crippen LogP contribution in [0.4, 0.5) is 5.69 Å². The van der Waals surface area contributed by atoms with E-state index in [4.69, 9.17) is 9.84 Å². The number of aromatic carboxylic acids is 1. The highest BCUT2D eigenvalue weighted by Gasteiger charge is 2.18. The zero-order valence-electron chi connectivity index (χ0n) is 12.5. The summed E-state index contributed by atoms with van der Waals surface area (Å²) < 4.78 is 5.55. The zero-order chi connectivity index (χ0) is 16.8. The Labute approximate surface area is 132 Å². The van der Waals surface area contributed by atoms with Crippen molar-refractivity contribution in [2.45, 2.75) is 31.8 Å². The Morgan fingerprint density at radius 2 is 2.04 bits per heavy atom. The summed E-state index contributed by atoms with van der Waals surface area (Å²) in [5.74, 6) is -1.86. The van der Waals surface area contributed by atoms with E-state index in [0.717, 1.165) is 44.1 Å². The Morgan fingerprint density at radius 3 is 2.65 bits per heavy atom. The first-order chi connectivity index (χ1) is 11.0. The average molecular weight is 322 g/mol. The predicted octanol–water partition coefficient (Wildman–Crippen LogP) is 1.98. The summed E-state index contributed by atoms with van der Waals surface area (Å²) in [6, 6.07) is 3.12. The van der Waals surface area contributed by atoms with Crippen molar-refractivity contribution in [3.05, 3.63) is 39.4 Å². The van der Waals surface area contributed by atoms with Crippen LogP contribution >= 0.6 is 0 Å². The minimum atomic E-state index is -1.32. The molecule has 0 saturated carbocycles. The summed E-state index contributed by atoms with van der Waals surface area (Å²) in [5, 5.41) is 22.5. The van der Waals surface area contributed by atoms with E-state index in [-0.39, 0.29) is 17.2 Å². The van der Waals surface area contributed by atoms with E-state index in [2.05, 4.69) is 5.32 Å². The number of carboxylic acids is 1. The number of ether oxygens (including phenoxy) is 1. The number of carboxylic acid groups (broad SMARTS) is 1. The molecule has 1 saturated heterocycles. The average Bonchev–Trinajstić information content (AvgIpc) is 2.55. The monoisotopic (exact) mass is 322 g/mol. The smallest absolute Gasteiger partial charge is 0.335 e. The van der Waals surface area contributed by atoms with Crippen LogP contribution < -0.4 is 5.32 Å². The summed E-state index contributed by atoms with van der Waals surface area (Å²) in [4.78, 5) is 33.2. The molecule has 1 fully saturated rings. The first kappa shape index (κ1) is 16.9. The van der Waals surface area contributed by atoms with Crippen LogP contribution in [0, 0.1) is 10.1 Å². The first-order valence-electron chi connectivity index (χ1n) is 7.40. The molecule has 1 aliphatic heterocycles. The molecule has 1 amide bonds. The van der Waals surface area contributed by atoms with E-state index in [1.807, 2.05) is 0 Å². The first-order valence-corrected chi connectivity index (χ1v) is 7.40. The minimum Gasteiger partial charge on any atom is -0.478 e. The van der Waals surface area contributed by atoms with Crippen molar-refractivity contribution in [3.8, 4) is 0 Å². The SMILES string of the molecule is O=C(O)c1cc(C(=O)NCCC2CCCCO2)cc([N+](=O)[O-])c1. The van der Waals surface area contributed by atoms with E-state index in [9.17, 15) is 19.7 Å². The zero-order valence-corrected chi connectivity index (χ0v) is 12.5. The van der Waals surface area contributed by atoms with Crippen LogP contribution in [0.2, 0.25) is 0 Å². The van der Waals surface area contributed by atoms with Crippen molar-refractivity contribution in [2.24, 2.45) is 0 Å². The Kier molecular flexibility index (Phi) is 5.64. The lowest BCUT2D eigenvalue weighted by Gasteiger charge is -2.22. The molecule has 1 heterocycles. The normalized spacial score (nSPS) is 17.5. The lowest BCUT2D eigenvalue weighted by atomic mass is 10.1. The molecule has 2 N–H and O–H groups in total. The van der Waals surface area contributed by atoms with Crippen LogP contribution in [0.5, 0.6) is 0 Å². The van der Waals surface area contributed by atoms with Gasteiger partial charge in [0.25, 0.3) is 11.6 Å². The van der Waals surface area contributed by atoms with Gasteiger partial charge in [-0.05, 0) is 31.7 Å². The molecular weight excluding hydrogens is 304 g/mol. The fraction of sp³-hybridized carbons (Fsp3) is 0.467. The third-order valence-electron chi connectivity index (χ3n) is 3.66. The van der Waals surface area contributed by atoms with Gasteiger partial charge in [-0.1, -0.05) is 0 Å². The molecule has 23 heavy (non-hydrogen) atoms. The van der Waals surface area contributed by atoms with E-state index >= 15 is 0 Å². The topological polar surface area (TPSA) is 119 Å². The van der Waals surface area contributed by atoms with Gasteiger partial charge in [0.2, 0.25) is 0 Å². The quantitative estimate of drug-likeness (QED) is 0.610. The number of benzene rings is 1. The van der Waals surface area contributed by atoms with Gasteiger partial charge in [0.05, 0.1) is 16.6 Å². The third kappa shape index (κ3) is 4.75. The minimum absolute atomic E-state index is 0.0406. The van der Waals surface area contributed by atoms with Crippen LogP contribution in [0.1, 0.15) is 46.4 Å². The van der Waals surface area contributed by atoms with Crippen molar-refractivity contribution in [1.29, 1.82) is 0 Å². The van der Waals surface area contributed by atoms with E-state index < -0.39 is 22.5 Å². The molecule has 0 aliphatic carbocycles. The highest BCUT2D eigenvalue weighted by molar-refractivity contribution is 5.98. The van der Waals surface area contributed by atoms with Crippen molar-refractivity contribution in [1.82, 2.24) is 5.32 Å². The highest BCUT2D eigenvalue weighted by Crippen LogP contribution is 2.18. The van der Waals surface area contributed by atoms with Crippen molar-refractivity contribution in [2.75, 3.05) is 13.2 Å². The van der Waals surface area contributed by atoms with Gasteiger partial charge in [-0.3, -0.25) is 14.9 Å². The van der Waals surface area contributed by atoms with Gasteiger partial charge in [0, 0.05) is 30.8 Å². The maximum Gasteiger partial charge on any atom is 0.335 e. The molecular formula is C15H18N2O6. The second-order valence-electron chi connectivity index (χ2n) is 5.36. The maximum absolute atomic E-state index is 12.1. The van der Waals surface area contributed by atoms with Crippen LogP contribution in [0.15, 0.2) is 18.2 Å². The van der Waals surface area contributed by atoms with Crippen LogP contribution in [-0.2, 0) is 4.74 Å². The Morgan fingerprint density at radius 1 is 1.30 bits per heavy atom. The molecule has 0 aromatic heterocycles. The number of nitro groups is 1. The lowest BCUT2D eigenvalue weighted by molar-refractivity contribution is -0.384. The fourth-order valence-electron chi connectivity index (χ4n) is 2.45. The number of hydrogen-bond donors (Lipinski definition) is 2. The van der Waals surface area contributed by atoms with E-state index in [1.165, 1.54) is 0 Å². The second-order valence-corrected chi connectivity index (χ2v) is 5.36. The van der Waals surface area contributed by atoms with Crippen LogP contribution in [0.3, 0.4) is 0 Å². The van der Waals surface area contributed by atoms with Gasteiger partial charge >= 0.3 is 5.97 Å². The molecule has 124 valence electrons. The van der Waals surface area contributed by atoms with Crippen LogP contribution in [-0.4, -0.2) is 41.2 Å². The molecule has 1 aromatic carbocycles. The molecule has 1 aliphatic rings. The van der Waals surface area contributed by atoms with Gasteiger partial charge in [0.15, 0.2) is 0 Å². The Bertz CT molecular complexity index is 578. The summed E-state index contributed by atoms with van der Waals surface area (Å²) in [6.45, 7) is 1.10. The number of nitrogens with one attached hydrogen (secondary N) is 1. The number of nitrogens with zero attached hydrogens (tertiary/aromatic N) is 1. The van der Waals surface area contributed by atoms with Gasteiger partial charge in [0.1, 0.15) is 0 Å². The molecule has 1 atom stereocenters. The summed E-state index contributed by atoms with van der Waals surface area (Å²) in [7, 11) is 0. The number of hydrogen-bond acceptors (Lipinski definition) is 5. The number of carbonyl (C=O) groups is 2. The summed E-state index contributed by atoms with van der Waals surface area (Å²) >= 11 is 0. The lowest BCUT2D eigenvalue weighted by Crippen LogP contribution is -2.29. The molecule has 8 heteroatoms. The number of nitro benzene ring substituents is 1. The second kappa shape index (κ2) is 7.68. The van der Waals surface area contributed by atoms with Gasteiger partial charge in [-0.25, -0.2) is 4.79 Å². The summed E-state index contributed by atoms with van der Waals surface area (Å²) in [6.07, 6.45) is 3.88. The van der Waals surface area contributed by atoms with Crippen molar-refractivity contribution in [3.63, 3.8) is 0 Å². The van der Waals surface area contributed by atoms with Gasteiger partial charge < -0.3 is 15.2 Å². The van der Waals surface area contributed by atoms with Gasteiger partial charge in [-0.15, -0.1) is 0 Å². The number of non-ortho nitro benzene ring substituents is 1. The number of rotatable bonds is 6. The third-order valence-corrected chi connectivity index (χ3v) is 3.66. The van der Waals surface area contributed by atoms with Crippen molar-refractivity contribution >= 4 is 17.6 Å². The Balaban J connectivity index is 2.00. The number of amides is 1. The molecule has 0 radical (unpaired) electrons. The molecule has 0 bridgehead atoms. The van der Waals surface area contributed by atoms with Crippen LogP contribution in [0.25, 0.3) is 0 Å². The standard InChI is InChI=1S/C15H18N2O6/c18-14(16-5-4-13-3-1-2-6-23-13)10-7-11(15(19)20)9-12(8-10)17(21)22/h7-9,13H,1-6H2,(H,16,18)(H,19,20).